The van der Waals surface area contributed by atoms with E-state index in [2.05, 4.69) is 5.32 Å². The van der Waals surface area contributed by atoms with Crippen molar-refractivity contribution in [1.82, 2.24) is 9.21 Å². The molecule has 2 aliphatic heterocycles. The van der Waals surface area contributed by atoms with Crippen LogP contribution < -0.4 is 5.32 Å². The molecule has 0 radical (unpaired) electrons. The van der Waals surface area contributed by atoms with Gasteiger partial charge in [0.1, 0.15) is 5.76 Å². The summed E-state index contributed by atoms with van der Waals surface area (Å²) in [6, 6.07) is 9.85. The lowest BCUT2D eigenvalue weighted by Crippen LogP contribution is -2.35. The van der Waals surface area contributed by atoms with Crippen LogP contribution in [-0.2, 0) is 26.2 Å². The van der Waals surface area contributed by atoms with Gasteiger partial charge in [-0.25, -0.2) is 8.42 Å². The van der Waals surface area contributed by atoms with Gasteiger partial charge in [0.2, 0.25) is 21.8 Å². The molecule has 3 heterocycles. The van der Waals surface area contributed by atoms with Crippen LogP contribution in [0.1, 0.15) is 31.4 Å². The van der Waals surface area contributed by atoms with Crippen molar-refractivity contribution in [3.63, 3.8) is 0 Å². The van der Waals surface area contributed by atoms with E-state index < -0.39 is 15.9 Å². The summed E-state index contributed by atoms with van der Waals surface area (Å²) in [4.78, 5) is 26.7. The molecule has 0 spiro atoms. The second kappa shape index (κ2) is 8.61. The molecule has 0 saturated carbocycles. The third-order valence-corrected chi connectivity index (χ3v) is 7.46. The molecule has 0 aliphatic carbocycles. The van der Waals surface area contributed by atoms with Crippen LogP contribution in [0.2, 0.25) is 0 Å². The molecule has 1 atom stereocenters. The first-order chi connectivity index (χ1) is 14.4. The number of carbonyl (C=O) groups is 2. The Balaban J connectivity index is 1.41. The lowest BCUT2D eigenvalue weighted by Gasteiger charge is -2.26. The monoisotopic (exact) mass is 431 g/mol. The fourth-order valence-electron chi connectivity index (χ4n) is 3.92. The molecule has 0 unspecified atom stereocenters. The SMILES string of the molecule is O=C(Nc1cccc(S(=O)(=O)N2CCCCC2)c1)[C@@H]1CC(=O)N(Cc2ccco2)C1. The van der Waals surface area contributed by atoms with E-state index in [0.29, 0.717) is 37.6 Å². The van der Waals surface area contributed by atoms with Gasteiger partial charge >= 0.3 is 0 Å². The Hall–Kier alpha value is -2.65. The van der Waals surface area contributed by atoms with Crippen LogP contribution in [0.25, 0.3) is 0 Å². The van der Waals surface area contributed by atoms with Gasteiger partial charge in [-0.15, -0.1) is 0 Å². The fourth-order valence-corrected chi connectivity index (χ4v) is 5.49. The van der Waals surface area contributed by atoms with Gasteiger partial charge in [-0.05, 0) is 43.2 Å². The van der Waals surface area contributed by atoms with Crippen LogP contribution in [-0.4, -0.2) is 49.1 Å². The fraction of sp³-hybridized carbons (Fsp3) is 0.429. The van der Waals surface area contributed by atoms with Gasteiger partial charge in [-0.2, -0.15) is 4.31 Å². The van der Waals surface area contributed by atoms with Crippen LogP contribution in [0, 0.1) is 5.92 Å². The number of nitrogens with zero attached hydrogens (tertiary/aromatic N) is 2. The van der Waals surface area contributed by atoms with Gasteiger partial charge in [0, 0.05) is 31.7 Å². The largest absolute Gasteiger partial charge is 0.467 e. The van der Waals surface area contributed by atoms with Crippen LogP contribution in [0.5, 0.6) is 0 Å². The van der Waals surface area contributed by atoms with Crippen LogP contribution >= 0.6 is 0 Å². The number of hydrogen-bond acceptors (Lipinski definition) is 5. The number of amides is 2. The third-order valence-electron chi connectivity index (χ3n) is 5.57. The van der Waals surface area contributed by atoms with Crippen molar-refractivity contribution in [1.29, 1.82) is 0 Å². The Morgan fingerprint density at radius 3 is 2.67 bits per heavy atom. The van der Waals surface area contributed by atoms with E-state index in [9.17, 15) is 18.0 Å². The van der Waals surface area contributed by atoms with E-state index in [1.807, 2.05) is 0 Å². The topological polar surface area (TPSA) is 99.9 Å². The number of anilines is 1. The van der Waals surface area contributed by atoms with Crippen molar-refractivity contribution < 1.29 is 22.4 Å². The minimum atomic E-state index is -3.58. The highest BCUT2D eigenvalue weighted by Crippen LogP contribution is 2.25. The first-order valence-corrected chi connectivity index (χ1v) is 11.6. The molecule has 2 saturated heterocycles. The summed E-state index contributed by atoms with van der Waals surface area (Å²) in [7, 11) is -3.58. The number of rotatable bonds is 6. The quantitative estimate of drug-likeness (QED) is 0.757. The van der Waals surface area contributed by atoms with Crippen LogP contribution in [0.4, 0.5) is 5.69 Å². The van der Waals surface area contributed by atoms with Crippen molar-refractivity contribution in [2.24, 2.45) is 5.92 Å². The van der Waals surface area contributed by atoms with Crippen molar-refractivity contribution >= 4 is 27.5 Å². The van der Waals surface area contributed by atoms with Crippen molar-refractivity contribution in [3.8, 4) is 0 Å². The zero-order chi connectivity index (χ0) is 21.1. The molecule has 8 nitrogen and oxygen atoms in total. The summed E-state index contributed by atoms with van der Waals surface area (Å²) in [6.45, 7) is 1.68. The maximum Gasteiger partial charge on any atom is 0.243 e. The van der Waals surface area contributed by atoms with Gasteiger partial charge < -0.3 is 14.6 Å². The zero-order valence-corrected chi connectivity index (χ0v) is 17.4. The molecule has 0 bridgehead atoms. The lowest BCUT2D eigenvalue weighted by atomic mass is 10.1. The smallest absolute Gasteiger partial charge is 0.243 e. The number of likely N-dealkylation sites (tertiary alicyclic amines) is 1. The maximum absolute atomic E-state index is 12.9. The highest BCUT2D eigenvalue weighted by molar-refractivity contribution is 7.89. The predicted octanol–water partition coefficient (Wildman–Crippen LogP) is 2.44. The molecule has 2 fully saturated rings. The number of piperidine rings is 1. The average Bonchev–Trinajstić information content (AvgIpc) is 3.39. The number of carbonyl (C=O) groups excluding carboxylic acids is 2. The molecule has 30 heavy (non-hydrogen) atoms. The molecule has 2 aromatic rings. The molecule has 1 aromatic carbocycles. The molecular formula is C21H25N3O5S. The minimum absolute atomic E-state index is 0.104. The van der Waals surface area contributed by atoms with E-state index in [1.54, 1.807) is 41.5 Å². The summed E-state index contributed by atoms with van der Waals surface area (Å²) >= 11 is 0. The summed E-state index contributed by atoms with van der Waals surface area (Å²) < 4.78 is 32.5. The Morgan fingerprint density at radius 2 is 1.93 bits per heavy atom. The van der Waals surface area contributed by atoms with E-state index >= 15 is 0 Å². The Bertz CT molecular complexity index is 1010. The van der Waals surface area contributed by atoms with E-state index in [0.717, 1.165) is 19.3 Å². The molecule has 1 N–H and O–H groups in total. The summed E-state index contributed by atoms with van der Waals surface area (Å²) in [5.41, 5.74) is 0.412. The van der Waals surface area contributed by atoms with Crippen LogP contribution in [0.3, 0.4) is 0 Å². The number of furan rings is 1. The minimum Gasteiger partial charge on any atom is -0.467 e. The van der Waals surface area contributed by atoms with Crippen molar-refractivity contribution in [2.45, 2.75) is 37.1 Å². The van der Waals surface area contributed by atoms with Crippen molar-refractivity contribution in [2.75, 3.05) is 25.0 Å². The van der Waals surface area contributed by atoms with Gasteiger partial charge in [0.25, 0.3) is 0 Å². The van der Waals surface area contributed by atoms with Gasteiger partial charge in [-0.1, -0.05) is 12.5 Å². The molecule has 4 rings (SSSR count). The Kier molecular flexibility index (Phi) is 5.92. The predicted molar refractivity (Wildman–Crippen MR) is 110 cm³/mol. The van der Waals surface area contributed by atoms with Gasteiger partial charge in [-0.3, -0.25) is 9.59 Å². The number of hydrogen-bond donors (Lipinski definition) is 1. The highest BCUT2D eigenvalue weighted by Gasteiger charge is 2.35. The van der Waals surface area contributed by atoms with Gasteiger partial charge in [0.15, 0.2) is 0 Å². The number of benzene rings is 1. The summed E-state index contributed by atoms with van der Waals surface area (Å²) in [5.74, 6) is -0.222. The van der Waals surface area contributed by atoms with Gasteiger partial charge in [0.05, 0.1) is 23.6 Å². The second-order valence-corrected chi connectivity index (χ2v) is 9.67. The first kappa shape index (κ1) is 20.6. The first-order valence-electron chi connectivity index (χ1n) is 10.1. The summed E-state index contributed by atoms with van der Waals surface area (Å²) in [6.07, 6.45) is 4.43. The van der Waals surface area contributed by atoms with E-state index in [1.165, 1.54) is 10.4 Å². The van der Waals surface area contributed by atoms with E-state index in [4.69, 9.17) is 4.42 Å². The average molecular weight is 432 g/mol. The van der Waals surface area contributed by atoms with E-state index in [-0.39, 0.29) is 23.1 Å². The molecule has 9 heteroatoms. The molecular weight excluding hydrogens is 406 g/mol. The highest BCUT2D eigenvalue weighted by atomic mass is 32.2. The maximum atomic E-state index is 12.9. The molecule has 2 amide bonds. The molecule has 1 aromatic heterocycles. The zero-order valence-electron chi connectivity index (χ0n) is 16.6. The standard InChI is InChI=1S/C21H25N3O5S/c25-20-12-16(14-23(20)15-18-7-5-11-29-18)21(26)22-17-6-4-8-19(13-17)30(27,28)24-9-2-1-3-10-24/h4-8,11,13,16H,1-3,9-10,12,14-15H2,(H,22,26)/t16-/m1/s1. The Morgan fingerprint density at radius 1 is 1.13 bits per heavy atom. The molecule has 2 aliphatic rings. The second-order valence-electron chi connectivity index (χ2n) is 7.74. The number of sulfonamides is 1. The normalized spacial score (nSPS) is 20.5. The van der Waals surface area contributed by atoms with Crippen LogP contribution in [0.15, 0.2) is 52.0 Å². The third kappa shape index (κ3) is 4.41. The summed E-state index contributed by atoms with van der Waals surface area (Å²) in [5, 5.41) is 2.78. The number of nitrogens with one attached hydrogen (secondary N) is 1. The molecule has 160 valence electrons. The Labute approximate surface area is 175 Å². The van der Waals surface area contributed by atoms with Crippen molar-refractivity contribution in [3.05, 3.63) is 48.4 Å². The lowest BCUT2D eigenvalue weighted by molar-refractivity contribution is -0.128.